The van der Waals surface area contributed by atoms with E-state index in [1.807, 2.05) is 25.1 Å². The molecule has 1 N–H and O–H groups in total. The summed E-state index contributed by atoms with van der Waals surface area (Å²) < 4.78 is 5.22. The van der Waals surface area contributed by atoms with Gasteiger partial charge in [-0.3, -0.25) is 4.79 Å². The third kappa shape index (κ3) is 4.79. The number of para-hydroxylation sites is 1. The molecule has 1 amide bonds. The number of hydrogen-bond donors (Lipinski definition) is 1. The fourth-order valence-corrected chi connectivity index (χ4v) is 2.46. The first-order chi connectivity index (χ1) is 11.8. The molecule has 0 saturated carbocycles. The maximum Gasteiger partial charge on any atom is 0.340 e. The van der Waals surface area contributed by atoms with Crippen molar-refractivity contribution in [2.45, 2.75) is 39.7 Å². The minimum atomic E-state index is -0.942. The van der Waals surface area contributed by atoms with Gasteiger partial charge in [-0.1, -0.05) is 43.6 Å². The van der Waals surface area contributed by atoms with Crippen molar-refractivity contribution < 1.29 is 14.3 Å². The molecule has 0 aliphatic heterocycles. The molecule has 2 rings (SSSR count). The van der Waals surface area contributed by atoms with Gasteiger partial charge in [0.15, 0.2) is 6.10 Å². The molecule has 0 aliphatic carbocycles. The number of ether oxygens (including phenoxy) is 1. The minimum Gasteiger partial charge on any atom is -0.449 e. The van der Waals surface area contributed by atoms with E-state index in [1.54, 1.807) is 0 Å². The predicted molar refractivity (Wildman–Crippen MR) is 98.0 cm³/mol. The van der Waals surface area contributed by atoms with Gasteiger partial charge in [0, 0.05) is 11.9 Å². The smallest absolute Gasteiger partial charge is 0.340 e. The highest BCUT2D eigenvalue weighted by Gasteiger charge is 2.21. The van der Waals surface area contributed by atoms with Crippen LogP contribution in [-0.4, -0.2) is 23.0 Å². The molecule has 0 fully saturated rings. The van der Waals surface area contributed by atoms with Crippen LogP contribution in [0.15, 0.2) is 36.5 Å². The molecule has 1 aromatic heterocycles. The zero-order valence-corrected chi connectivity index (χ0v) is 15.4. The van der Waals surface area contributed by atoms with Crippen molar-refractivity contribution in [3.8, 4) is 0 Å². The number of nitrogens with zero attached hydrogens (tertiary/aromatic N) is 1. The first-order valence-electron chi connectivity index (χ1n) is 8.02. The number of hydrogen-bond acceptors (Lipinski definition) is 4. The Bertz CT molecular complexity index is 773. The highest BCUT2D eigenvalue weighted by molar-refractivity contribution is 6.29. The van der Waals surface area contributed by atoms with Gasteiger partial charge in [0.2, 0.25) is 0 Å². The lowest BCUT2D eigenvalue weighted by molar-refractivity contribution is -0.123. The number of rotatable bonds is 5. The number of aryl methyl sites for hydroxylation is 1. The molecule has 6 heteroatoms. The number of aromatic nitrogens is 1. The quantitative estimate of drug-likeness (QED) is 0.635. The molecule has 0 spiro atoms. The number of pyridine rings is 1. The molecule has 1 unspecified atom stereocenters. The van der Waals surface area contributed by atoms with Gasteiger partial charge < -0.3 is 10.1 Å². The predicted octanol–water partition coefficient (Wildman–Crippen LogP) is 4.35. The van der Waals surface area contributed by atoms with E-state index in [1.165, 1.54) is 25.3 Å². The van der Waals surface area contributed by atoms with Crippen LogP contribution >= 0.6 is 11.6 Å². The number of halogens is 1. The lowest BCUT2D eigenvalue weighted by Crippen LogP contribution is -2.30. The van der Waals surface area contributed by atoms with E-state index in [0.717, 1.165) is 16.8 Å². The second kappa shape index (κ2) is 8.12. The first kappa shape index (κ1) is 18.9. The van der Waals surface area contributed by atoms with Crippen LogP contribution in [0.25, 0.3) is 0 Å². The van der Waals surface area contributed by atoms with Gasteiger partial charge in [-0.05, 0) is 43.0 Å². The number of amides is 1. The first-order valence-corrected chi connectivity index (χ1v) is 8.40. The summed E-state index contributed by atoms with van der Waals surface area (Å²) in [5.41, 5.74) is 3.00. The molecule has 0 radical (unpaired) electrons. The average Bonchev–Trinajstić information content (AvgIpc) is 2.56. The van der Waals surface area contributed by atoms with Crippen molar-refractivity contribution in [3.05, 3.63) is 58.4 Å². The molecular weight excluding hydrogens is 340 g/mol. The van der Waals surface area contributed by atoms with Gasteiger partial charge in [0.25, 0.3) is 5.91 Å². The Labute approximate surface area is 152 Å². The van der Waals surface area contributed by atoms with Gasteiger partial charge in [-0.15, -0.1) is 0 Å². The van der Waals surface area contributed by atoms with Gasteiger partial charge in [-0.2, -0.15) is 0 Å². The van der Waals surface area contributed by atoms with Crippen LogP contribution in [-0.2, 0) is 9.53 Å². The molecule has 0 aliphatic rings. The maximum atomic E-state index is 12.4. The van der Waals surface area contributed by atoms with Crippen molar-refractivity contribution in [2.24, 2.45) is 0 Å². The Morgan fingerprint density at radius 1 is 1.16 bits per heavy atom. The zero-order chi connectivity index (χ0) is 18.6. The molecule has 5 nitrogen and oxygen atoms in total. The summed E-state index contributed by atoms with van der Waals surface area (Å²) in [5.74, 6) is -0.750. The molecule has 25 heavy (non-hydrogen) atoms. The largest absolute Gasteiger partial charge is 0.449 e. The molecule has 1 aromatic carbocycles. The van der Waals surface area contributed by atoms with Gasteiger partial charge in [0.1, 0.15) is 5.15 Å². The van der Waals surface area contributed by atoms with Crippen LogP contribution in [0.1, 0.15) is 48.2 Å². The standard InChI is InChI=1S/C19H21ClN2O3/c1-11(2)15-7-5-6-12(3)17(15)22-18(23)13(4)25-19(24)14-8-9-16(20)21-10-14/h5-11,13H,1-4H3,(H,22,23). The van der Waals surface area contributed by atoms with Crippen molar-refractivity contribution in [1.29, 1.82) is 0 Å². The maximum absolute atomic E-state index is 12.4. The summed E-state index contributed by atoms with van der Waals surface area (Å²) in [6.45, 7) is 7.57. The van der Waals surface area contributed by atoms with Gasteiger partial charge in [-0.25, -0.2) is 9.78 Å². The van der Waals surface area contributed by atoms with Crippen molar-refractivity contribution in [1.82, 2.24) is 4.98 Å². The lowest BCUT2D eigenvalue weighted by atomic mass is 9.98. The summed E-state index contributed by atoms with van der Waals surface area (Å²) in [6, 6.07) is 8.85. The van der Waals surface area contributed by atoms with Gasteiger partial charge in [0.05, 0.1) is 5.56 Å². The molecule has 132 valence electrons. The molecular formula is C19H21ClN2O3. The Morgan fingerprint density at radius 2 is 1.88 bits per heavy atom. The van der Waals surface area contributed by atoms with Crippen LogP contribution in [0.4, 0.5) is 5.69 Å². The Kier molecular flexibility index (Phi) is 6.15. The summed E-state index contributed by atoms with van der Waals surface area (Å²) >= 11 is 5.69. The number of carbonyl (C=O) groups excluding carboxylic acids is 2. The van der Waals surface area contributed by atoms with Crippen LogP contribution in [0, 0.1) is 6.92 Å². The lowest BCUT2D eigenvalue weighted by Gasteiger charge is -2.19. The molecule has 1 atom stereocenters. The Balaban J connectivity index is 2.08. The number of esters is 1. The third-order valence-electron chi connectivity index (χ3n) is 3.79. The van der Waals surface area contributed by atoms with E-state index < -0.39 is 12.1 Å². The van der Waals surface area contributed by atoms with E-state index in [2.05, 4.69) is 24.1 Å². The number of nitrogens with one attached hydrogen (secondary N) is 1. The topological polar surface area (TPSA) is 68.3 Å². The van der Waals surface area contributed by atoms with E-state index >= 15 is 0 Å². The van der Waals surface area contributed by atoms with E-state index in [0.29, 0.717) is 0 Å². The summed E-state index contributed by atoms with van der Waals surface area (Å²) in [7, 11) is 0. The van der Waals surface area contributed by atoms with Crippen LogP contribution in [0.2, 0.25) is 5.15 Å². The summed E-state index contributed by atoms with van der Waals surface area (Å²) in [5, 5.41) is 3.15. The van der Waals surface area contributed by atoms with E-state index in [4.69, 9.17) is 16.3 Å². The average molecular weight is 361 g/mol. The second-order valence-corrected chi connectivity index (χ2v) is 6.49. The number of anilines is 1. The highest BCUT2D eigenvalue weighted by Crippen LogP contribution is 2.27. The van der Waals surface area contributed by atoms with E-state index in [9.17, 15) is 9.59 Å². The fraction of sp³-hybridized carbons (Fsp3) is 0.316. The molecule has 1 heterocycles. The number of benzene rings is 1. The van der Waals surface area contributed by atoms with Crippen molar-refractivity contribution in [2.75, 3.05) is 5.32 Å². The van der Waals surface area contributed by atoms with Crippen LogP contribution in [0.3, 0.4) is 0 Å². The van der Waals surface area contributed by atoms with Crippen molar-refractivity contribution >= 4 is 29.2 Å². The monoisotopic (exact) mass is 360 g/mol. The third-order valence-corrected chi connectivity index (χ3v) is 4.01. The van der Waals surface area contributed by atoms with E-state index in [-0.39, 0.29) is 22.5 Å². The molecule has 0 bridgehead atoms. The van der Waals surface area contributed by atoms with Gasteiger partial charge >= 0.3 is 5.97 Å². The molecule has 2 aromatic rings. The normalized spacial score (nSPS) is 11.9. The number of carbonyl (C=O) groups is 2. The molecule has 0 saturated heterocycles. The summed E-state index contributed by atoms with van der Waals surface area (Å²) in [6.07, 6.45) is 0.371. The highest BCUT2D eigenvalue weighted by atomic mass is 35.5. The Morgan fingerprint density at radius 3 is 2.48 bits per heavy atom. The van der Waals surface area contributed by atoms with Crippen LogP contribution in [0.5, 0.6) is 0 Å². The summed E-state index contributed by atoms with van der Waals surface area (Å²) in [4.78, 5) is 28.3. The fourth-order valence-electron chi connectivity index (χ4n) is 2.35. The SMILES string of the molecule is Cc1cccc(C(C)C)c1NC(=O)C(C)OC(=O)c1ccc(Cl)nc1. The van der Waals surface area contributed by atoms with Crippen molar-refractivity contribution in [3.63, 3.8) is 0 Å². The van der Waals surface area contributed by atoms with Crippen LogP contribution < -0.4 is 5.32 Å². The minimum absolute atomic E-state index is 0.239. The zero-order valence-electron chi connectivity index (χ0n) is 14.7. The second-order valence-electron chi connectivity index (χ2n) is 6.10. The Hall–Kier alpha value is -2.40.